The van der Waals surface area contributed by atoms with Gasteiger partial charge in [-0.1, -0.05) is 12.8 Å². The number of anilines is 1. The number of nitrogens with one attached hydrogen (secondary N) is 2. The van der Waals surface area contributed by atoms with Crippen molar-refractivity contribution in [3.63, 3.8) is 0 Å². The normalized spacial score (nSPS) is 18.5. The van der Waals surface area contributed by atoms with E-state index < -0.39 is 32.2 Å². The SMILES string of the molecule is NS(=O)(=O)c1ccc(NCCCN2C(=O)NC3(CCCC3)C2=O)c([N+](=O)[O-])c1. The van der Waals surface area contributed by atoms with Crippen LogP contribution in [0.1, 0.15) is 32.1 Å². The molecule has 2 aliphatic rings. The summed E-state index contributed by atoms with van der Waals surface area (Å²) in [7, 11) is -4.06. The number of nitrogens with zero attached hydrogens (tertiary/aromatic N) is 2. The highest BCUT2D eigenvalue weighted by atomic mass is 32.2. The first-order valence-electron chi connectivity index (χ1n) is 8.83. The highest BCUT2D eigenvalue weighted by Crippen LogP contribution is 2.35. The summed E-state index contributed by atoms with van der Waals surface area (Å²) in [5, 5.41) is 21.8. The zero-order valence-corrected chi connectivity index (χ0v) is 15.8. The molecule has 1 aromatic rings. The second-order valence-electron chi connectivity index (χ2n) is 6.94. The van der Waals surface area contributed by atoms with E-state index >= 15 is 0 Å². The lowest BCUT2D eigenvalue weighted by atomic mass is 9.98. The number of sulfonamides is 1. The van der Waals surface area contributed by atoms with Crippen molar-refractivity contribution in [1.82, 2.24) is 10.2 Å². The van der Waals surface area contributed by atoms with Gasteiger partial charge in [0.25, 0.3) is 11.6 Å². The molecule has 12 heteroatoms. The summed E-state index contributed by atoms with van der Waals surface area (Å²) < 4.78 is 22.7. The van der Waals surface area contributed by atoms with Crippen LogP contribution in [0.15, 0.2) is 23.1 Å². The molecule has 0 radical (unpaired) electrons. The summed E-state index contributed by atoms with van der Waals surface area (Å²) in [6.07, 6.45) is 3.48. The summed E-state index contributed by atoms with van der Waals surface area (Å²) in [4.78, 5) is 36.0. The lowest BCUT2D eigenvalue weighted by molar-refractivity contribution is -0.384. The lowest BCUT2D eigenvalue weighted by Gasteiger charge is -2.20. The average molecular weight is 411 g/mol. The van der Waals surface area contributed by atoms with Crippen LogP contribution in [0, 0.1) is 10.1 Å². The van der Waals surface area contributed by atoms with E-state index in [1.807, 2.05) is 0 Å². The standard InChI is InChI=1S/C16H21N5O6S/c17-28(26,27)11-4-5-12(13(10-11)21(24)25)18-8-3-9-20-14(22)16(19-15(20)23)6-1-2-7-16/h4-5,10,18H,1-3,6-9H2,(H,19,23)(H2,17,26,27). The van der Waals surface area contributed by atoms with Crippen molar-refractivity contribution in [2.75, 3.05) is 18.4 Å². The third kappa shape index (κ3) is 3.78. The topological polar surface area (TPSA) is 165 Å². The zero-order chi connectivity index (χ0) is 20.5. The molecule has 0 aromatic heterocycles. The van der Waals surface area contributed by atoms with Crippen LogP contribution >= 0.6 is 0 Å². The molecule has 1 heterocycles. The minimum Gasteiger partial charge on any atom is -0.379 e. The molecule has 0 unspecified atom stereocenters. The maximum Gasteiger partial charge on any atom is 0.325 e. The number of urea groups is 1. The highest BCUT2D eigenvalue weighted by molar-refractivity contribution is 7.89. The quantitative estimate of drug-likeness (QED) is 0.259. The Kier molecular flexibility index (Phi) is 5.26. The number of nitro benzene ring substituents is 1. The molecule has 11 nitrogen and oxygen atoms in total. The van der Waals surface area contributed by atoms with Gasteiger partial charge >= 0.3 is 6.03 Å². The molecule has 3 amide bonds. The fourth-order valence-electron chi connectivity index (χ4n) is 3.65. The van der Waals surface area contributed by atoms with Crippen LogP contribution in [0.4, 0.5) is 16.2 Å². The van der Waals surface area contributed by atoms with E-state index in [-0.39, 0.29) is 29.6 Å². The van der Waals surface area contributed by atoms with Crippen LogP contribution in [0.3, 0.4) is 0 Å². The van der Waals surface area contributed by atoms with Crippen molar-refractivity contribution in [3.05, 3.63) is 28.3 Å². The molecule has 1 aliphatic heterocycles. The fourth-order valence-corrected chi connectivity index (χ4v) is 4.18. The van der Waals surface area contributed by atoms with Crippen LogP contribution in [0.2, 0.25) is 0 Å². The number of hydrogen-bond donors (Lipinski definition) is 3. The van der Waals surface area contributed by atoms with Crippen molar-refractivity contribution >= 4 is 33.3 Å². The predicted molar refractivity (Wildman–Crippen MR) is 99.0 cm³/mol. The van der Waals surface area contributed by atoms with E-state index in [1.54, 1.807) is 0 Å². The van der Waals surface area contributed by atoms with Crippen molar-refractivity contribution < 1.29 is 22.9 Å². The molecular formula is C16H21N5O6S. The molecule has 0 bridgehead atoms. The van der Waals surface area contributed by atoms with Gasteiger partial charge in [-0.3, -0.25) is 19.8 Å². The first-order chi connectivity index (χ1) is 13.1. The summed E-state index contributed by atoms with van der Waals surface area (Å²) in [6, 6.07) is 2.92. The molecule has 0 atom stereocenters. The molecule has 4 N–H and O–H groups in total. The molecule has 152 valence electrons. The minimum absolute atomic E-state index is 0.127. The molecule has 1 aromatic carbocycles. The van der Waals surface area contributed by atoms with Gasteiger partial charge in [0.05, 0.1) is 9.82 Å². The number of primary sulfonamides is 1. The van der Waals surface area contributed by atoms with E-state index in [0.29, 0.717) is 19.3 Å². The van der Waals surface area contributed by atoms with Gasteiger partial charge in [-0.2, -0.15) is 0 Å². The number of benzene rings is 1. The Balaban J connectivity index is 1.60. The van der Waals surface area contributed by atoms with Gasteiger partial charge in [-0.15, -0.1) is 0 Å². The van der Waals surface area contributed by atoms with E-state index in [4.69, 9.17) is 5.14 Å². The Morgan fingerprint density at radius 1 is 1.29 bits per heavy atom. The van der Waals surface area contributed by atoms with Crippen LogP contribution in [0.25, 0.3) is 0 Å². The molecular weight excluding hydrogens is 390 g/mol. The Labute approximate surface area is 161 Å². The number of nitrogens with two attached hydrogens (primary N) is 1. The van der Waals surface area contributed by atoms with Crippen molar-refractivity contribution in [2.45, 2.75) is 42.5 Å². The predicted octanol–water partition coefficient (Wildman–Crippen LogP) is 0.909. The fraction of sp³-hybridized carbons (Fsp3) is 0.500. The first kappa shape index (κ1) is 20.0. The third-order valence-electron chi connectivity index (χ3n) is 5.07. The van der Waals surface area contributed by atoms with Crippen LogP contribution in [0.5, 0.6) is 0 Å². The van der Waals surface area contributed by atoms with E-state index in [1.165, 1.54) is 17.0 Å². The van der Waals surface area contributed by atoms with Gasteiger partial charge in [0.1, 0.15) is 11.2 Å². The number of hydrogen-bond acceptors (Lipinski definition) is 7. The summed E-state index contributed by atoms with van der Waals surface area (Å²) in [6.45, 7) is 0.433. The first-order valence-corrected chi connectivity index (χ1v) is 10.4. The molecule has 1 aliphatic carbocycles. The maximum absolute atomic E-state index is 12.5. The van der Waals surface area contributed by atoms with Crippen molar-refractivity contribution in [3.8, 4) is 0 Å². The molecule has 1 saturated heterocycles. The zero-order valence-electron chi connectivity index (χ0n) is 15.0. The van der Waals surface area contributed by atoms with E-state index in [9.17, 15) is 28.1 Å². The largest absolute Gasteiger partial charge is 0.379 e. The number of amides is 3. The van der Waals surface area contributed by atoms with Crippen molar-refractivity contribution in [1.29, 1.82) is 0 Å². The molecule has 3 rings (SSSR count). The van der Waals surface area contributed by atoms with Crippen molar-refractivity contribution in [2.24, 2.45) is 5.14 Å². The summed E-state index contributed by atoms with van der Waals surface area (Å²) in [5.74, 6) is -0.210. The van der Waals surface area contributed by atoms with Gasteiger partial charge in [0.15, 0.2) is 0 Å². The van der Waals surface area contributed by atoms with Gasteiger partial charge < -0.3 is 10.6 Å². The minimum atomic E-state index is -4.06. The Morgan fingerprint density at radius 3 is 2.57 bits per heavy atom. The second-order valence-corrected chi connectivity index (χ2v) is 8.50. The number of rotatable bonds is 7. The lowest BCUT2D eigenvalue weighted by Crippen LogP contribution is -2.44. The Morgan fingerprint density at radius 2 is 1.96 bits per heavy atom. The van der Waals surface area contributed by atoms with Crippen LogP contribution in [-0.4, -0.2) is 48.8 Å². The monoisotopic (exact) mass is 411 g/mol. The number of carbonyl (C=O) groups is 2. The summed E-state index contributed by atoms with van der Waals surface area (Å²) in [5.41, 5.74) is -1.05. The molecule has 1 spiro atoms. The van der Waals surface area contributed by atoms with Crippen LogP contribution in [-0.2, 0) is 14.8 Å². The van der Waals surface area contributed by atoms with E-state index in [0.717, 1.165) is 18.9 Å². The van der Waals surface area contributed by atoms with Gasteiger partial charge in [0.2, 0.25) is 10.0 Å². The maximum atomic E-state index is 12.5. The summed E-state index contributed by atoms with van der Waals surface area (Å²) >= 11 is 0. The molecule has 1 saturated carbocycles. The van der Waals surface area contributed by atoms with Gasteiger partial charge in [-0.05, 0) is 31.4 Å². The third-order valence-corrected chi connectivity index (χ3v) is 5.98. The highest BCUT2D eigenvalue weighted by Gasteiger charge is 2.51. The van der Waals surface area contributed by atoms with Gasteiger partial charge in [0, 0.05) is 19.2 Å². The van der Waals surface area contributed by atoms with Gasteiger partial charge in [-0.25, -0.2) is 18.4 Å². The second kappa shape index (κ2) is 7.36. The Hall–Kier alpha value is -2.73. The number of nitro groups is 1. The smallest absolute Gasteiger partial charge is 0.325 e. The van der Waals surface area contributed by atoms with E-state index in [2.05, 4.69) is 10.6 Å². The molecule has 28 heavy (non-hydrogen) atoms. The number of carbonyl (C=O) groups excluding carboxylic acids is 2. The average Bonchev–Trinajstić information content (AvgIpc) is 3.17. The molecule has 2 fully saturated rings. The van der Waals surface area contributed by atoms with Crippen LogP contribution < -0.4 is 15.8 Å². The Bertz CT molecular complexity index is 925. The number of imide groups is 1.